The summed E-state index contributed by atoms with van der Waals surface area (Å²) in [7, 11) is 0. The second-order valence-corrected chi connectivity index (χ2v) is 7.52. The number of nitrogens with zero attached hydrogens (tertiary/aromatic N) is 4. The van der Waals surface area contributed by atoms with E-state index in [9.17, 15) is 5.11 Å². The van der Waals surface area contributed by atoms with Gasteiger partial charge in [-0.3, -0.25) is 0 Å². The minimum Gasteiger partial charge on any atom is -0.443 e. The smallest absolute Gasteiger partial charge is 0.227 e. The highest BCUT2D eigenvalue weighted by atomic mass is 35.5. The molecule has 3 rings (SSSR count). The van der Waals surface area contributed by atoms with E-state index < -0.39 is 0 Å². The number of nitrogens with one attached hydrogen (secondary N) is 1. The Labute approximate surface area is 163 Å². The van der Waals surface area contributed by atoms with Gasteiger partial charge >= 0.3 is 0 Å². The Morgan fingerprint density at radius 1 is 1.19 bits per heavy atom. The summed E-state index contributed by atoms with van der Waals surface area (Å²) in [6, 6.07) is 5.82. The zero-order chi connectivity index (χ0) is 19.4. The van der Waals surface area contributed by atoms with Crippen LogP contribution in [0.3, 0.4) is 0 Å². The number of fused-ring (bicyclic) bond motifs is 1. The Hall–Kier alpha value is -2.25. The van der Waals surface area contributed by atoms with Crippen LogP contribution in [0.2, 0.25) is 5.28 Å². The maximum absolute atomic E-state index is 9.56. The summed E-state index contributed by atoms with van der Waals surface area (Å²) in [5, 5.41) is 12.9. The van der Waals surface area contributed by atoms with Gasteiger partial charge in [0.15, 0.2) is 12.0 Å². The molecule has 0 fully saturated rings. The summed E-state index contributed by atoms with van der Waals surface area (Å²) in [6.45, 7) is 6.30. The van der Waals surface area contributed by atoms with E-state index in [4.69, 9.17) is 16.0 Å². The second kappa shape index (κ2) is 8.63. The van der Waals surface area contributed by atoms with Crippen LogP contribution in [0, 0.1) is 5.92 Å². The Bertz CT molecular complexity index is 899. The molecule has 0 saturated carbocycles. The Kier molecular flexibility index (Phi) is 6.23. The fourth-order valence-corrected chi connectivity index (χ4v) is 3.23. The summed E-state index contributed by atoms with van der Waals surface area (Å²) in [5.74, 6) is 1.61. The Balaban J connectivity index is 1.74. The number of aliphatic hydroxyl groups is 1. The number of aromatic nitrogens is 4. The fourth-order valence-electron chi connectivity index (χ4n) is 3.05. The first-order valence-electron chi connectivity index (χ1n) is 9.05. The largest absolute Gasteiger partial charge is 0.443 e. The van der Waals surface area contributed by atoms with Crippen molar-refractivity contribution < 1.29 is 9.52 Å². The summed E-state index contributed by atoms with van der Waals surface area (Å²) in [4.78, 5) is 17.1. The first-order chi connectivity index (χ1) is 12.9. The molecule has 0 aliphatic heterocycles. The molecule has 1 unspecified atom stereocenters. The van der Waals surface area contributed by atoms with Gasteiger partial charge in [0.2, 0.25) is 11.2 Å². The molecule has 0 bridgehead atoms. The molecule has 27 heavy (non-hydrogen) atoms. The molecule has 2 atom stereocenters. The first-order valence-corrected chi connectivity index (χ1v) is 9.43. The molecule has 3 aromatic rings. The van der Waals surface area contributed by atoms with Gasteiger partial charge < -0.3 is 14.8 Å². The van der Waals surface area contributed by atoms with E-state index in [2.05, 4.69) is 46.0 Å². The van der Waals surface area contributed by atoms with Crippen molar-refractivity contribution in [2.24, 2.45) is 5.92 Å². The van der Waals surface area contributed by atoms with Crippen LogP contribution in [0.4, 0.5) is 5.95 Å². The van der Waals surface area contributed by atoms with E-state index >= 15 is 0 Å². The molecule has 7 nitrogen and oxygen atoms in total. The van der Waals surface area contributed by atoms with Crippen LogP contribution in [0.15, 0.2) is 29.0 Å². The average Bonchev–Trinajstić information content (AvgIpc) is 3.07. The van der Waals surface area contributed by atoms with Gasteiger partial charge in [-0.2, -0.15) is 9.97 Å². The maximum Gasteiger partial charge on any atom is 0.227 e. The van der Waals surface area contributed by atoms with Gasteiger partial charge in [-0.15, -0.1) is 0 Å². The summed E-state index contributed by atoms with van der Waals surface area (Å²) in [5.41, 5.74) is 2.71. The maximum atomic E-state index is 9.56. The number of hydrogen-bond donors (Lipinski definition) is 2. The van der Waals surface area contributed by atoms with Gasteiger partial charge in [0, 0.05) is 6.42 Å². The molecule has 0 aliphatic rings. The third kappa shape index (κ3) is 5.14. The second-order valence-electron chi connectivity index (χ2n) is 7.18. The minimum absolute atomic E-state index is 0.00489. The molecule has 2 heterocycles. The van der Waals surface area contributed by atoms with Gasteiger partial charge in [-0.1, -0.05) is 26.8 Å². The predicted octanol–water partition coefficient (Wildman–Crippen LogP) is 3.83. The monoisotopic (exact) mass is 389 g/mol. The van der Waals surface area contributed by atoms with Crippen LogP contribution in [0.1, 0.15) is 44.5 Å². The standard InChI is InChI=1S/C19H24ClN5O2/c1-11(2)6-14(9-26)22-19-24-17(23-18(20)25-19)7-12(3)13-4-5-16-15(8-13)21-10-27-16/h4-5,8,10-12,14,26H,6-7,9H2,1-3H3,(H,22,23,24,25)/t12?,14-/m1/s1. The number of oxazole rings is 1. The molecule has 0 saturated heterocycles. The number of halogens is 1. The first kappa shape index (κ1) is 19.5. The van der Waals surface area contributed by atoms with Gasteiger partial charge in [-0.05, 0) is 47.6 Å². The zero-order valence-electron chi connectivity index (χ0n) is 15.7. The molecule has 2 aromatic heterocycles. The van der Waals surface area contributed by atoms with Crippen LogP contribution >= 0.6 is 11.6 Å². The van der Waals surface area contributed by atoms with E-state index in [0.717, 1.165) is 23.1 Å². The number of rotatable bonds is 8. The lowest BCUT2D eigenvalue weighted by atomic mass is 9.97. The highest BCUT2D eigenvalue weighted by molar-refractivity contribution is 6.28. The molecule has 0 amide bonds. The van der Waals surface area contributed by atoms with E-state index in [-0.39, 0.29) is 23.9 Å². The van der Waals surface area contributed by atoms with Gasteiger partial charge in [0.05, 0.1) is 12.6 Å². The minimum atomic E-state index is -0.122. The SMILES string of the molecule is CC(C)C[C@H](CO)Nc1nc(Cl)nc(CC(C)c2ccc3ocnc3c2)n1. The molecular weight excluding hydrogens is 366 g/mol. The molecule has 0 aliphatic carbocycles. The van der Waals surface area contributed by atoms with Crippen molar-refractivity contribution in [3.8, 4) is 0 Å². The van der Waals surface area contributed by atoms with Crippen molar-refractivity contribution in [3.63, 3.8) is 0 Å². The van der Waals surface area contributed by atoms with Crippen molar-refractivity contribution in [2.75, 3.05) is 11.9 Å². The lowest BCUT2D eigenvalue weighted by molar-refractivity contribution is 0.259. The zero-order valence-corrected chi connectivity index (χ0v) is 16.4. The topological polar surface area (TPSA) is 97.0 Å². The van der Waals surface area contributed by atoms with E-state index in [1.54, 1.807) is 0 Å². The number of aliphatic hydroxyl groups excluding tert-OH is 1. The van der Waals surface area contributed by atoms with Crippen LogP contribution in [-0.4, -0.2) is 37.7 Å². The lowest BCUT2D eigenvalue weighted by Gasteiger charge is -2.18. The number of benzene rings is 1. The van der Waals surface area contributed by atoms with Crippen LogP contribution in [-0.2, 0) is 6.42 Å². The quantitative estimate of drug-likeness (QED) is 0.604. The van der Waals surface area contributed by atoms with E-state index in [1.807, 2.05) is 18.2 Å². The molecule has 8 heteroatoms. The Morgan fingerprint density at radius 2 is 2.00 bits per heavy atom. The highest BCUT2D eigenvalue weighted by Crippen LogP contribution is 2.24. The molecule has 0 radical (unpaired) electrons. The number of hydrogen-bond acceptors (Lipinski definition) is 7. The molecule has 144 valence electrons. The van der Waals surface area contributed by atoms with Crippen LogP contribution in [0.5, 0.6) is 0 Å². The summed E-state index contributed by atoms with van der Waals surface area (Å²) in [6.07, 6.45) is 2.86. The van der Waals surface area contributed by atoms with E-state index in [0.29, 0.717) is 24.1 Å². The predicted molar refractivity (Wildman–Crippen MR) is 105 cm³/mol. The fraction of sp³-hybridized carbons (Fsp3) is 0.474. The Morgan fingerprint density at radius 3 is 2.74 bits per heavy atom. The van der Waals surface area contributed by atoms with Crippen molar-refractivity contribution in [2.45, 2.75) is 45.6 Å². The van der Waals surface area contributed by atoms with Crippen molar-refractivity contribution in [1.29, 1.82) is 0 Å². The van der Waals surface area contributed by atoms with Crippen LogP contribution < -0.4 is 5.32 Å². The van der Waals surface area contributed by atoms with Crippen molar-refractivity contribution >= 4 is 28.6 Å². The molecular formula is C19H24ClN5O2. The third-order valence-corrected chi connectivity index (χ3v) is 4.55. The average molecular weight is 390 g/mol. The summed E-state index contributed by atoms with van der Waals surface area (Å²) < 4.78 is 5.29. The van der Waals surface area contributed by atoms with E-state index in [1.165, 1.54) is 6.39 Å². The normalized spacial score (nSPS) is 13.9. The molecule has 1 aromatic carbocycles. The third-order valence-electron chi connectivity index (χ3n) is 4.38. The molecule has 0 spiro atoms. The highest BCUT2D eigenvalue weighted by Gasteiger charge is 2.15. The van der Waals surface area contributed by atoms with Gasteiger partial charge in [-0.25, -0.2) is 9.97 Å². The van der Waals surface area contributed by atoms with Crippen molar-refractivity contribution in [1.82, 2.24) is 19.9 Å². The number of anilines is 1. The van der Waals surface area contributed by atoms with Crippen LogP contribution in [0.25, 0.3) is 11.1 Å². The lowest BCUT2D eigenvalue weighted by Crippen LogP contribution is -2.27. The van der Waals surface area contributed by atoms with Gasteiger partial charge in [0.25, 0.3) is 0 Å². The summed E-state index contributed by atoms with van der Waals surface area (Å²) >= 11 is 6.09. The van der Waals surface area contributed by atoms with Crippen molar-refractivity contribution in [3.05, 3.63) is 41.3 Å². The van der Waals surface area contributed by atoms with Gasteiger partial charge in [0.1, 0.15) is 11.3 Å². The molecule has 2 N–H and O–H groups in total.